The molecule has 2 N–H and O–H groups in total. The highest BCUT2D eigenvalue weighted by molar-refractivity contribution is 7.92. The number of carbonyl (C=O) groups excluding carboxylic acids is 1. The second kappa shape index (κ2) is 9.19. The lowest BCUT2D eigenvalue weighted by Crippen LogP contribution is -2.20. The minimum Gasteiger partial charge on any atom is -0.484 e. The summed E-state index contributed by atoms with van der Waals surface area (Å²) in [5, 5.41) is 3.26. The number of carbonyl (C=O) groups is 1. The van der Waals surface area contributed by atoms with E-state index in [9.17, 15) is 13.2 Å². The number of ether oxygens (including phenoxy) is 1. The second-order valence-electron chi connectivity index (χ2n) is 6.69. The molecular weight excluding hydrogens is 424 g/mol. The molecule has 0 bridgehead atoms. The first-order valence-corrected chi connectivity index (χ1v) is 11.0. The van der Waals surface area contributed by atoms with E-state index in [1.54, 1.807) is 24.3 Å². The van der Waals surface area contributed by atoms with Crippen molar-refractivity contribution in [3.8, 4) is 5.75 Å². The first-order valence-electron chi connectivity index (χ1n) is 9.12. The highest BCUT2D eigenvalue weighted by Gasteiger charge is 2.15. The van der Waals surface area contributed by atoms with E-state index in [4.69, 9.17) is 16.3 Å². The summed E-state index contributed by atoms with van der Waals surface area (Å²) in [6.45, 7) is 3.46. The Morgan fingerprint density at radius 3 is 2.30 bits per heavy atom. The van der Waals surface area contributed by atoms with Crippen LogP contribution in [0.3, 0.4) is 0 Å². The molecule has 0 saturated heterocycles. The van der Waals surface area contributed by atoms with Gasteiger partial charge in [0.05, 0.1) is 10.6 Å². The number of rotatable bonds is 7. The molecule has 0 spiro atoms. The Balaban J connectivity index is 1.61. The van der Waals surface area contributed by atoms with Crippen molar-refractivity contribution in [2.45, 2.75) is 18.7 Å². The molecule has 0 radical (unpaired) electrons. The Labute approximate surface area is 180 Å². The zero-order valence-electron chi connectivity index (χ0n) is 16.5. The van der Waals surface area contributed by atoms with Gasteiger partial charge in [0.25, 0.3) is 15.9 Å². The summed E-state index contributed by atoms with van der Waals surface area (Å²) in [4.78, 5) is 12.2. The molecule has 3 aromatic carbocycles. The zero-order valence-corrected chi connectivity index (χ0v) is 18.0. The number of hydrogen-bond donors (Lipinski definition) is 2. The maximum atomic E-state index is 12.6. The summed E-state index contributed by atoms with van der Waals surface area (Å²) < 4.78 is 33.2. The third kappa shape index (κ3) is 5.52. The van der Waals surface area contributed by atoms with E-state index in [0.29, 0.717) is 22.1 Å². The van der Waals surface area contributed by atoms with Crippen LogP contribution in [-0.4, -0.2) is 20.9 Å². The van der Waals surface area contributed by atoms with E-state index in [2.05, 4.69) is 10.0 Å². The molecule has 0 aliphatic heterocycles. The minimum absolute atomic E-state index is 0.0945. The van der Waals surface area contributed by atoms with E-state index in [1.165, 1.54) is 24.3 Å². The lowest BCUT2D eigenvalue weighted by atomic mass is 10.2. The number of nitrogens with one attached hydrogen (secondary N) is 2. The number of para-hydroxylation sites is 1. The van der Waals surface area contributed by atoms with Crippen LogP contribution in [0.5, 0.6) is 5.75 Å². The third-order valence-electron chi connectivity index (χ3n) is 4.37. The van der Waals surface area contributed by atoms with Crippen molar-refractivity contribution in [1.82, 2.24) is 0 Å². The standard InChI is InChI=1S/C22H21ClN2O4S/c1-15-5-3-4-6-20(15)25-30(27,28)19-11-9-18(10-12-19)29-14-22(26)24-21-13-17(23)8-7-16(21)2/h3-13,25H,14H2,1-2H3,(H,24,26). The fourth-order valence-electron chi connectivity index (χ4n) is 2.67. The van der Waals surface area contributed by atoms with Gasteiger partial charge in [0.15, 0.2) is 6.61 Å². The summed E-state index contributed by atoms with van der Waals surface area (Å²) in [6.07, 6.45) is 0. The van der Waals surface area contributed by atoms with E-state index >= 15 is 0 Å². The summed E-state index contributed by atoms with van der Waals surface area (Å²) in [6, 6.07) is 18.2. The Kier molecular flexibility index (Phi) is 6.64. The van der Waals surface area contributed by atoms with Crippen molar-refractivity contribution in [1.29, 1.82) is 0 Å². The first kappa shape index (κ1) is 21.7. The number of benzene rings is 3. The lowest BCUT2D eigenvalue weighted by molar-refractivity contribution is -0.118. The molecular formula is C22H21ClN2O4S. The Morgan fingerprint density at radius 1 is 0.933 bits per heavy atom. The van der Waals surface area contributed by atoms with Crippen molar-refractivity contribution in [3.05, 3.63) is 82.9 Å². The largest absolute Gasteiger partial charge is 0.484 e. The van der Waals surface area contributed by atoms with Gasteiger partial charge in [-0.05, 0) is 67.4 Å². The fraction of sp³-hybridized carbons (Fsp3) is 0.136. The van der Waals surface area contributed by atoms with Crippen LogP contribution in [0.2, 0.25) is 5.02 Å². The monoisotopic (exact) mass is 444 g/mol. The number of hydrogen-bond acceptors (Lipinski definition) is 4. The molecule has 1 amide bonds. The smallest absolute Gasteiger partial charge is 0.262 e. The zero-order chi connectivity index (χ0) is 21.7. The van der Waals surface area contributed by atoms with E-state index < -0.39 is 10.0 Å². The Hall–Kier alpha value is -3.03. The van der Waals surface area contributed by atoms with Crippen molar-refractivity contribution in [2.75, 3.05) is 16.6 Å². The molecule has 3 rings (SSSR count). The van der Waals surface area contributed by atoms with Crippen LogP contribution in [-0.2, 0) is 14.8 Å². The van der Waals surface area contributed by atoms with Crippen molar-refractivity contribution >= 4 is 38.9 Å². The molecule has 30 heavy (non-hydrogen) atoms. The highest BCUT2D eigenvalue weighted by Crippen LogP contribution is 2.22. The molecule has 6 nitrogen and oxygen atoms in total. The van der Waals surface area contributed by atoms with Gasteiger partial charge in [0.2, 0.25) is 0 Å². The van der Waals surface area contributed by atoms with Crippen molar-refractivity contribution in [2.24, 2.45) is 0 Å². The molecule has 0 heterocycles. The highest BCUT2D eigenvalue weighted by atomic mass is 35.5. The van der Waals surface area contributed by atoms with Gasteiger partial charge in [-0.1, -0.05) is 35.9 Å². The predicted molar refractivity (Wildman–Crippen MR) is 119 cm³/mol. The fourth-order valence-corrected chi connectivity index (χ4v) is 3.97. The van der Waals surface area contributed by atoms with Gasteiger partial charge in [-0.2, -0.15) is 0 Å². The van der Waals surface area contributed by atoms with Gasteiger partial charge in [-0.15, -0.1) is 0 Å². The van der Waals surface area contributed by atoms with E-state index in [-0.39, 0.29) is 17.4 Å². The summed E-state index contributed by atoms with van der Waals surface area (Å²) >= 11 is 5.95. The molecule has 0 unspecified atom stereocenters. The quantitative estimate of drug-likeness (QED) is 0.549. The van der Waals surface area contributed by atoms with Crippen LogP contribution in [0.15, 0.2) is 71.6 Å². The average Bonchev–Trinajstić information content (AvgIpc) is 2.71. The molecule has 8 heteroatoms. The maximum Gasteiger partial charge on any atom is 0.262 e. The number of aryl methyl sites for hydroxylation is 2. The topological polar surface area (TPSA) is 84.5 Å². The van der Waals surface area contributed by atoms with Crippen molar-refractivity contribution in [3.63, 3.8) is 0 Å². The van der Waals surface area contributed by atoms with Crippen molar-refractivity contribution < 1.29 is 17.9 Å². The predicted octanol–water partition coefficient (Wildman–Crippen LogP) is 4.78. The number of sulfonamides is 1. The van der Waals surface area contributed by atoms with Gasteiger partial charge in [0.1, 0.15) is 5.75 Å². The van der Waals surface area contributed by atoms with Gasteiger partial charge in [-0.25, -0.2) is 8.42 Å². The third-order valence-corrected chi connectivity index (χ3v) is 5.98. The van der Waals surface area contributed by atoms with E-state index in [1.807, 2.05) is 32.0 Å². The molecule has 3 aromatic rings. The summed E-state index contributed by atoms with van der Waals surface area (Å²) in [5.41, 5.74) is 2.83. The average molecular weight is 445 g/mol. The molecule has 0 aromatic heterocycles. The van der Waals surface area contributed by atoms with Crippen LogP contribution in [0.1, 0.15) is 11.1 Å². The second-order valence-corrected chi connectivity index (χ2v) is 8.81. The van der Waals surface area contributed by atoms with Gasteiger partial charge in [0, 0.05) is 10.7 Å². The number of halogens is 1. The molecule has 0 aliphatic rings. The maximum absolute atomic E-state index is 12.6. The molecule has 0 saturated carbocycles. The van der Waals surface area contributed by atoms with Crippen LogP contribution in [0.4, 0.5) is 11.4 Å². The molecule has 0 aliphatic carbocycles. The molecule has 0 atom stereocenters. The normalized spacial score (nSPS) is 11.0. The van der Waals surface area contributed by atoms with Gasteiger partial charge >= 0.3 is 0 Å². The Bertz CT molecular complexity index is 1160. The molecule has 156 valence electrons. The molecule has 0 fully saturated rings. The SMILES string of the molecule is Cc1ccc(Cl)cc1NC(=O)COc1ccc(S(=O)(=O)Nc2ccccc2C)cc1. The van der Waals surface area contributed by atoms with Crippen LogP contribution in [0.25, 0.3) is 0 Å². The summed E-state index contributed by atoms with van der Waals surface area (Å²) in [7, 11) is -3.73. The number of amides is 1. The van der Waals surface area contributed by atoms with Gasteiger partial charge < -0.3 is 10.1 Å². The van der Waals surface area contributed by atoms with Crippen LogP contribution < -0.4 is 14.8 Å². The number of anilines is 2. The first-order chi connectivity index (χ1) is 14.2. The Morgan fingerprint density at radius 2 is 1.60 bits per heavy atom. The lowest BCUT2D eigenvalue weighted by Gasteiger charge is -2.12. The minimum atomic E-state index is -3.73. The van der Waals surface area contributed by atoms with Crippen LogP contribution >= 0.6 is 11.6 Å². The summed E-state index contributed by atoms with van der Waals surface area (Å²) in [5.74, 6) is 0.0288. The van der Waals surface area contributed by atoms with E-state index in [0.717, 1.165) is 11.1 Å². The van der Waals surface area contributed by atoms with Crippen LogP contribution in [0, 0.1) is 13.8 Å². The van der Waals surface area contributed by atoms with Gasteiger partial charge in [-0.3, -0.25) is 9.52 Å².